The fourth-order valence-corrected chi connectivity index (χ4v) is 2.11. The van der Waals surface area contributed by atoms with Gasteiger partial charge in [-0.3, -0.25) is 0 Å². The molecule has 21 heavy (non-hydrogen) atoms. The summed E-state index contributed by atoms with van der Waals surface area (Å²) in [4.78, 5) is 0. The van der Waals surface area contributed by atoms with Crippen molar-refractivity contribution in [1.29, 1.82) is 5.26 Å². The van der Waals surface area contributed by atoms with Gasteiger partial charge in [0.05, 0.1) is 5.56 Å². The number of nitrogens with zero attached hydrogens (tertiary/aromatic N) is 3. The summed E-state index contributed by atoms with van der Waals surface area (Å²) in [6.45, 7) is 0. The Bertz CT molecular complexity index is 879. The number of phenols is 1. The molecule has 0 aliphatic rings. The summed E-state index contributed by atoms with van der Waals surface area (Å²) in [6.07, 6.45) is 0. The maximum Gasteiger partial charge on any atom is 0.143 e. The van der Waals surface area contributed by atoms with Crippen molar-refractivity contribution in [2.75, 3.05) is 0 Å². The van der Waals surface area contributed by atoms with Gasteiger partial charge in [0, 0.05) is 5.39 Å². The van der Waals surface area contributed by atoms with Gasteiger partial charge in [-0.25, -0.2) is 0 Å². The predicted octanol–water partition coefficient (Wildman–Crippen LogP) is 4.83. The van der Waals surface area contributed by atoms with Crippen molar-refractivity contribution < 1.29 is 5.11 Å². The number of aromatic hydroxyl groups is 1. The van der Waals surface area contributed by atoms with Gasteiger partial charge in [-0.15, -0.1) is 10.2 Å². The van der Waals surface area contributed by atoms with E-state index in [4.69, 9.17) is 5.26 Å². The minimum Gasteiger partial charge on any atom is -0.506 e. The lowest BCUT2D eigenvalue weighted by Gasteiger charge is -2.03. The fraction of sp³-hybridized carbons (Fsp3) is 0. The Kier molecular flexibility index (Phi) is 3.32. The molecule has 1 N–H and O–H groups in total. The molecule has 0 spiro atoms. The number of nitriles is 1. The number of phenolic OH excluding ortho intramolecular Hbond substituents is 1. The highest BCUT2D eigenvalue weighted by atomic mass is 16.3. The van der Waals surface area contributed by atoms with E-state index in [0.29, 0.717) is 16.9 Å². The third-order valence-corrected chi connectivity index (χ3v) is 3.16. The quantitative estimate of drug-likeness (QED) is 0.679. The molecule has 0 atom stereocenters. The van der Waals surface area contributed by atoms with E-state index < -0.39 is 0 Å². The lowest BCUT2D eigenvalue weighted by molar-refractivity contribution is 0.477. The second-order valence-corrected chi connectivity index (χ2v) is 4.48. The van der Waals surface area contributed by atoms with E-state index in [-0.39, 0.29) is 5.75 Å². The summed E-state index contributed by atoms with van der Waals surface area (Å²) in [6, 6.07) is 20.1. The Balaban J connectivity index is 2.12. The normalized spacial score (nSPS) is 10.8. The molecule has 0 fully saturated rings. The van der Waals surface area contributed by atoms with Gasteiger partial charge in [0.25, 0.3) is 0 Å². The lowest BCUT2D eigenvalue weighted by Crippen LogP contribution is -1.76. The standard InChI is InChI=1S/C17H11N3O/c18-11-13-6-2-4-8-15(13)19-20-17-14-7-3-1-5-12(14)9-10-16(17)21/h1-10,21H. The van der Waals surface area contributed by atoms with Crippen LogP contribution in [0.4, 0.5) is 11.4 Å². The zero-order chi connectivity index (χ0) is 14.7. The van der Waals surface area contributed by atoms with Crippen molar-refractivity contribution in [2.24, 2.45) is 10.2 Å². The molecule has 0 amide bonds. The van der Waals surface area contributed by atoms with Crippen molar-refractivity contribution in [3.05, 3.63) is 66.2 Å². The highest BCUT2D eigenvalue weighted by molar-refractivity contribution is 5.95. The van der Waals surface area contributed by atoms with E-state index in [1.54, 1.807) is 30.3 Å². The second kappa shape index (κ2) is 5.43. The maximum atomic E-state index is 9.99. The van der Waals surface area contributed by atoms with E-state index >= 15 is 0 Å². The monoisotopic (exact) mass is 273 g/mol. The minimum absolute atomic E-state index is 0.0619. The summed E-state index contributed by atoms with van der Waals surface area (Å²) in [7, 11) is 0. The third kappa shape index (κ3) is 2.45. The summed E-state index contributed by atoms with van der Waals surface area (Å²) in [5.74, 6) is 0.0619. The molecule has 0 bridgehead atoms. The molecule has 0 unspecified atom stereocenters. The van der Waals surface area contributed by atoms with Crippen LogP contribution in [0.15, 0.2) is 70.9 Å². The molecule has 0 aliphatic heterocycles. The smallest absolute Gasteiger partial charge is 0.143 e. The first-order valence-corrected chi connectivity index (χ1v) is 6.41. The van der Waals surface area contributed by atoms with Gasteiger partial charge in [-0.2, -0.15) is 5.26 Å². The van der Waals surface area contributed by atoms with Gasteiger partial charge in [0.2, 0.25) is 0 Å². The van der Waals surface area contributed by atoms with Gasteiger partial charge >= 0.3 is 0 Å². The number of hydrogen-bond donors (Lipinski definition) is 1. The minimum atomic E-state index is 0.0619. The van der Waals surface area contributed by atoms with Crippen LogP contribution in [0.1, 0.15) is 5.56 Å². The van der Waals surface area contributed by atoms with Crippen molar-refractivity contribution >= 4 is 22.1 Å². The Morgan fingerprint density at radius 2 is 1.62 bits per heavy atom. The summed E-state index contributed by atoms with van der Waals surface area (Å²) >= 11 is 0. The number of fused-ring (bicyclic) bond motifs is 1. The van der Waals surface area contributed by atoms with Crippen LogP contribution in [-0.4, -0.2) is 5.11 Å². The molecule has 3 aromatic carbocycles. The molecule has 4 heteroatoms. The number of benzene rings is 3. The van der Waals surface area contributed by atoms with Crippen LogP contribution in [0.25, 0.3) is 10.8 Å². The van der Waals surface area contributed by atoms with Crippen LogP contribution >= 0.6 is 0 Å². The SMILES string of the molecule is N#Cc1ccccc1N=Nc1c(O)ccc2ccccc12. The molecule has 0 heterocycles. The third-order valence-electron chi connectivity index (χ3n) is 3.16. The molecular weight excluding hydrogens is 262 g/mol. The van der Waals surface area contributed by atoms with E-state index in [1.165, 1.54) is 0 Å². The Morgan fingerprint density at radius 3 is 2.48 bits per heavy atom. The highest BCUT2D eigenvalue weighted by Crippen LogP contribution is 2.36. The van der Waals surface area contributed by atoms with E-state index in [2.05, 4.69) is 16.3 Å². The average Bonchev–Trinajstić information content (AvgIpc) is 2.54. The van der Waals surface area contributed by atoms with Crippen LogP contribution in [0.3, 0.4) is 0 Å². The predicted molar refractivity (Wildman–Crippen MR) is 80.9 cm³/mol. The lowest BCUT2D eigenvalue weighted by atomic mass is 10.1. The topological polar surface area (TPSA) is 68.7 Å². The Hall–Kier alpha value is -3.19. The molecule has 4 nitrogen and oxygen atoms in total. The van der Waals surface area contributed by atoms with Crippen molar-refractivity contribution in [3.63, 3.8) is 0 Å². The zero-order valence-electron chi connectivity index (χ0n) is 11.1. The van der Waals surface area contributed by atoms with Crippen LogP contribution in [-0.2, 0) is 0 Å². The van der Waals surface area contributed by atoms with Gasteiger partial charge in [0.15, 0.2) is 0 Å². The zero-order valence-corrected chi connectivity index (χ0v) is 11.1. The first-order chi connectivity index (χ1) is 10.3. The summed E-state index contributed by atoms with van der Waals surface area (Å²) in [5, 5.41) is 29.1. The van der Waals surface area contributed by atoms with E-state index in [1.807, 2.05) is 30.3 Å². The molecule has 0 radical (unpaired) electrons. The van der Waals surface area contributed by atoms with Crippen molar-refractivity contribution in [2.45, 2.75) is 0 Å². The number of rotatable bonds is 2. The summed E-state index contributed by atoms with van der Waals surface area (Å²) in [5.41, 5.74) is 1.33. The van der Waals surface area contributed by atoms with Crippen LogP contribution in [0.2, 0.25) is 0 Å². The van der Waals surface area contributed by atoms with E-state index in [9.17, 15) is 5.11 Å². The van der Waals surface area contributed by atoms with E-state index in [0.717, 1.165) is 10.8 Å². The molecular formula is C17H11N3O. The van der Waals surface area contributed by atoms with Crippen molar-refractivity contribution in [1.82, 2.24) is 0 Å². The van der Waals surface area contributed by atoms with Crippen LogP contribution in [0.5, 0.6) is 5.75 Å². The van der Waals surface area contributed by atoms with Gasteiger partial charge in [0.1, 0.15) is 23.2 Å². The molecule has 3 rings (SSSR count). The Morgan fingerprint density at radius 1 is 0.857 bits per heavy atom. The average molecular weight is 273 g/mol. The first kappa shape index (κ1) is 12.8. The largest absolute Gasteiger partial charge is 0.506 e. The number of azo groups is 1. The number of hydrogen-bond acceptors (Lipinski definition) is 4. The maximum absolute atomic E-state index is 9.99. The molecule has 3 aromatic rings. The van der Waals surface area contributed by atoms with Crippen LogP contribution < -0.4 is 0 Å². The van der Waals surface area contributed by atoms with Gasteiger partial charge < -0.3 is 5.11 Å². The molecule has 0 saturated heterocycles. The van der Waals surface area contributed by atoms with Gasteiger partial charge in [-0.05, 0) is 23.6 Å². The second-order valence-electron chi connectivity index (χ2n) is 4.48. The highest BCUT2D eigenvalue weighted by Gasteiger charge is 2.06. The summed E-state index contributed by atoms with van der Waals surface area (Å²) < 4.78 is 0. The molecule has 100 valence electrons. The van der Waals surface area contributed by atoms with Crippen LogP contribution in [0, 0.1) is 11.3 Å². The molecule has 0 aromatic heterocycles. The van der Waals surface area contributed by atoms with Gasteiger partial charge in [-0.1, -0.05) is 42.5 Å². The van der Waals surface area contributed by atoms with Crippen molar-refractivity contribution in [3.8, 4) is 11.8 Å². The molecule has 0 aliphatic carbocycles. The Labute approximate surface area is 121 Å². The molecule has 0 saturated carbocycles. The first-order valence-electron chi connectivity index (χ1n) is 6.41. The fourth-order valence-electron chi connectivity index (χ4n) is 2.11.